The van der Waals surface area contributed by atoms with Crippen LogP contribution in [0, 0.1) is 12.0 Å². The maximum absolute atomic E-state index is 13.9. The Morgan fingerprint density at radius 3 is 2.03 bits per heavy atom. The van der Waals surface area contributed by atoms with Crippen LogP contribution in [0.3, 0.4) is 0 Å². The summed E-state index contributed by atoms with van der Waals surface area (Å²) in [5.41, 5.74) is 2.38. The van der Waals surface area contributed by atoms with E-state index in [1.165, 1.54) is 0 Å². The average Bonchev–Trinajstić information content (AvgIpc) is 3.10. The Hall–Kier alpha value is -5.48. The highest BCUT2D eigenvalue weighted by molar-refractivity contribution is 7.91. The third-order valence-corrected chi connectivity index (χ3v) is 12.6. The molecular formula is C28H21ClF2N8O16S5. The van der Waals surface area contributed by atoms with Gasteiger partial charge in [-0.05, 0) is 60.2 Å². The minimum absolute atomic E-state index is 0.212. The molecule has 0 saturated heterocycles. The van der Waals surface area contributed by atoms with E-state index in [1.54, 1.807) is 0 Å². The second-order valence-corrected chi connectivity index (χ2v) is 19.2. The zero-order valence-corrected chi connectivity index (χ0v) is 33.6. The Bertz CT molecular complexity index is 3150. The van der Waals surface area contributed by atoms with Gasteiger partial charge in [0.15, 0.2) is 21.4 Å². The molecule has 24 nitrogen and oxygen atoms in total. The molecule has 0 bridgehead atoms. The molecule has 3 aromatic carbocycles. The van der Waals surface area contributed by atoms with Gasteiger partial charge in [0.25, 0.3) is 30.4 Å². The number of sulfone groups is 1. The third-order valence-electron chi connectivity index (χ3n) is 7.49. The predicted molar refractivity (Wildman–Crippen MR) is 202 cm³/mol. The molecule has 1 heterocycles. The number of carbonyl (C=O) groups is 1. The normalized spacial score (nSPS) is 14.6. The number of benzene rings is 3. The van der Waals surface area contributed by atoms with Crippen molar-refractivity contribution in [2.24, 2.45) is 15.3 Å². The number of fused-ring (bicyclic) bond motifs is 1. The largest absolute Gasteiger partial charge is 0.397 e. The number of Topliss-reactive ketones (excluding diaryl/α,β-unsaturated/α-hetero) is 1. The number of aromatic nitrogens is 2. The van der Waals surface area contributed by atoms with E-state index >= 15 is 0 Å². The van der Waals surface area contributed by atoms with Gasteiger partial charge in [0.05, 0.1) is 39.9 Å². The Morgan fingerprint density at radius 2 is 1.45 bits per heavy atom. The Morgan fingerprint density at radius 1 is 0.817 bits per heavy atom. The number of nitrogens with one attached hydrogen (secondary N) is 2. The van der Waals surface area contributed by atoms with Gasteiger partial charge < -0.3 is 11.1 Å². The van der Waals surface area contributed by atoms with Crippen LogP contribution in [0.2, 0.25) is 5.02 Å². The standard InChI is InChI=1S/C28H21ClF2N8O16S5/c29-21-26(30)34-28(31)35-27(21)33-14-3-6-17(57(43,44)45)16(11-14)37-39-24-19(59(49,50)51)10-12-9-18(58(46,47)48)23(22(32)20(12)25(24)40)38-36-13-1-4-15(5-2-13)56(41,42)8-7-55-60(52,53)54/h1-6,9-11,37H,7-8,32H2,(H,33,34,35)(H,43,44,45)(H,46,47,48)(H,49,50,51)(H,52,53,54)/b38-36+,39-24-. The molecule has 8 N–H and O–H groups in total. The quantitative estimate of drug-likeness (QED) is 0.0238. The Kier molecular flexibility index (Phi) is 12.6. The summed E-state index contributed by atoms with van der Waals surface area (Å²) < 4.78 is 191. The number of halogens is 3. The van der Waals surface area contributed by atoms with Crippen molar-refractivity contribution in [3.63, 3.8) is 0 Å². The van der Waals surface area contributed by atoms with Crippen molar-refractivity contribution in [2.45, 2.75) is 14.7 Å². The van der Waals surface area contributed by atoms with E-state index < -0.39 is 145 Å². The van der Waals surface area contributed by atoms with E-state index in [9.17, 15) is 69.3 Å². The lowest BCUT2D eigenvalue weighted by Crippen LogP contribution is -2.28. The number of azo groups is 1. The Balaban J connectivity index is 1.57. The first kappa shape index (κ1) is 45.6. The van der Waals surface area contributed by atoms with E-state index in [0.717, 1.165) is 36.4 Å². The van der Waals surface area contributed by atoms with Gasteiger partial charge in [-0.2, -0.15) is 62.6 Å². The van der Waals surface area contributed by atoms with Crippen LogP contribution in [0.15, 0.2) is 83.5 Å². The zero-order chi connectivity index (χ0) is 44.7. The van der Waals surface area contributed by atoms with E-state index in [0.29, 0.717) is 18.2 Å². The van der Waals surface area contributed by atoms with Crippen LogP contribution < -0.4 is 16.5 Å². The predicted octanol–water partition coefficient (Wildman–Crippen LogP) is 3.13. The van der Waals surface area contributed by atoms with Gasteiger partial charge in [-0.1, -0.05) is 11.6 Å². The summed E-state index contributed by atoms with van der Waals surface area (Å²) in [5, 5.41) is 12.5. The molecule has 1 aromatic heterocycles. The molecule has 0 saturated carbocycles. The molecule has 320 valence electrons. The molecular weight excluding hydrogens is 938 g/mol. The fourth-order valence-corrected chi connectivity index (χ4v) is 8.51. The van der Waals surface area contributed by atoms with Crippen molar-refractivity contribution < 1.29 is 78.1 Å². The fourth-order valence-electron chi connectivity index (χ4n) is 4.94. The number of nitrogens with two attached hydrogens (primary N) is 1. The van der Waals surface area contributed by atoms with Crippen molar-refractivity contribution in [3.8, 4) is 0 Å². The van der Waals surface area contributed by atoms with Crippen molar-refractivity contribution in [3.05, 3.63) is 81.6 Å². The maximum atomic E-state index is 13.9. The Labute approximate surface area is 341 Å². The van der Waals surface area contributed by atoms with Crippen molar-refractivity contribution in [1.29, 1.82) is 0 Å². The average molecular weight is 959 g/mol. The number of carbonyl (C=O) groups excluding carboxylic acids is 1. The molecule has 0 amide bonds. The van der Waals surface area contributed by atoms with Gasteiger partial charge in [-0.3, -0.25) is 28.4 Å². The van der Waals surface area contributed by atoms with Gasteiger partial charge in [-0.15, -0.1) is 5.11 Å². The summed E-state index contributed by atoms with van der Waals surface area (Å²) in [4.78, 5) is 16.1. The van der Waals surface area contributed by atoms with Crippen LogP contribution in [-0.2, 0) is 54.8 Å². The van der Waals surface area contributed by atoms with Gasteiger partial charge in [-0.25, -0.2) is 12.6 Å². The molecule has 0 radical (unpaired) electrons. The number of nitrogen functional groups attached to an aromatic ring is 1. The SMILES string of the molecule is Nc1c(/N=N/c2ccc(S(=O)(=O)CCOS(=O)(=O)O)cc2)c(S(=O)(=O)O)cc2c1C(=O)/C(=N\Nc1cc(Nc3nc(F)nc(F)c3Cl)ccc1S(=O)(=O)O)C(S(=O)(=O)O)=C2. The third kappa shape index (κ3) is 10.4. The van der Waals surface area contributed by atoms with Crippen LogP contribution in [0.4, 0.5) is 43.0 Å². The molecule has 4 aromatic rings. The van der Waals surface area contributed by atoms with Crippen molar-refractivity contribution in [2.75, 3.05) is 28.8 Å². The van der Waals surface area contributed by atoms with Gasteiger partial charge in [0, 0.05) is 5.69 Å². The van der Waals surface area contributed by atoms with E-state index in [4.69, 9.17) is 21.9 Å². The molecule has 0 spiro atoms. The molecule has 1 aliphatic carbocycles. The summed E-state index contributed by atoms with van der Waals surface area (Å²) in [6.45, 7) is -0.940. The topological polar surface area (TPSA) is 391 Å². The molecule has 0 fully saturated rings. The maximum Gasteiger partial charge on any atom is 0.397 e. The van der Waals surface area contributed by atoms with Crippen LogP contribution in [0.25, 0.3) is 6.08 Å². The summed E-state index contributed by atoms with van der Waals surface area (Å²) in [7, 11) is -25.1. The molecule has 0 unspecified atom stereocenters. The second kappa shape index (κ2) is 16.5. The van der Waals surface area contributed by atoms with Gasteiger partial charge in [0.2, 0.25) is 11.7 Å². The molecule has 32 heteroatoms. The molecule has 1 aliphatic rings. The fraction of sp³-hybridized carbons (Fsp3) is 0.0714. The summed E-state index contributed by atoms with van der Waals surface area (Å²) in [6.07, 6.45) is -1.08. The van der Waals surface area contributed by atoms with Crippen LogP contribution >= 0.6 is 11.6 Å². The van der Waals surface area contributed by atoms with Crippen LogP contribution in [-0.4, -0.2) is 94.1 Å². The summed E-state index contributed by atoms with van der Waals surface area (Å²) in [6, 6.07) is 6.93. The lowest BCUT2D eigenvalue weighted by atomic mass is 9.92. The van der Waals surface area contributed by atoms with E-state index in [2.05, 4.69) is 34.8 Å². The lowest BCUT2D eigenvalue weighted by Gasteiger charge is -2.20. The van der Waals surface area contributed by atoms with E-state index in [1.807, 2.05) is 5.43 Å². The van der Waals surface area contributed by atoms with Gasteiger partial charge in [0.1, 0.15) is 25.4 Å². The number of nitrogens with zero attached hydrogens (tertiary/aromatic N) is 5. The summed E-state index contributed by atoms with van der Waals surface area (Å²) in [5.74, 6) is -4.58. The van der Waals surface area contributed by atoms with Crippen LogP contribution in [0.5, 0.6) is 0 Å². The van der Waals surface area contributed by atoms with E-state index in [-0.39, 0.29) is 11.4 Å². The van der Waals surface area contributed by atoms with Crippen LogP contribution in [0.1, 0.15) is 15.9 Å². The molecule has 5 rings (SSSR count). The summed E-state index contributed by atoms with van der Waals surface area (Å²) >= 11 is 5.75. The number of hydrazone groups is 1. The number of rotatable bonds is 14. The van der Waals surface area contributed by atoms with Crippen molar-refractivity contribution >= 4 is 114 Å². The monoisotopic (exact) mass is 958 g/mol. The highest BCUT2D eigenvalue weighted by Gasteiger charge is 2.37. The second-order valence-electron chi connectivity index (χ2n) is 11.5. The highest BCUT2D eigenvalue weighted by Crippen LogP contribution is 2.41. The molecule has 0 aliphatic heterocycles. The minimum Gasteiger partial charge on any atom is -0.396 e. The number of anilines is 4. The van der Waals surface area contributed by atoms with Crippen molar-refractivity contribution in [1.82, 2.24) is 9.97 Å². The minimum atomic E-state index is -5.49. The number of ketones is 1. The smallest absolute Gasteiger partial charge is 0.396 e. The highest BCUT2D eigenvalue weighted by atomic mass is 35.5. The zero-order valence-electron chi connectivity index (χ0n) is 28.8. The first-order valence-corrected chi connectivity index (χ1v) is 22.9. The first-order chi connectivity index (χ1) is 27.6. The molecule has 0 atom stereocenters. The number of hydrogen-bond acceptors (Lipinski definition) is 20. The lowest BCUT2D eigenvalue weighted by molar-refractivity contribution is 0.106. The first-order valence-electron chi connectivity index (χ1n) is 15.2. The number of hydrogen-bond donors (Lipinski definition) is 7. The van der Waals surface area contributed by atoms with Gasteiger partial charge >= 0.3 is 16.5 Å². The number of allylic oxidation sites excluding steroid dienone is 1. The molecule has 60 heavy (non-hydrogen) atoms.